The van der Waals surface area contributed by atoms with E-state index in [0.29, 0.717) is 0 Å². The van der Waals surface area contributed by atoms with Crippen molar-refractivity contribution in [2.24, 2.45) is 7.05 Å². The van der Waals surface area contributed by atoms with Gasteiger partial charge in [0.25, 0.3) is 0 Å². The highest BCUT2D eigenvalue weighted by Gasteiger charge is 2.06. The van der Waals surface area contributed by atoms with E-state index in [1.54, 1.807) is 41.5 Å². The lowest BCUT2D eigenvalue weighted by atomic mass is 10.0. The van der Waals surface area contributed by atoms with E-state index in [1.165, 1.54) is 18.2 Å². The van der Waals surface area contributed by atoms with E-state index in [0.717, 1.165) is 22.3 Å². The van der Waals surface area contributed by atoms with Crippen molar-refractivity contribution >= 4 is 12.0 Å². The first-order valence-corrected chi connectivity index (χ1v) is 8.44. The van der Waals surface area contributed by atoms with Gasteiger partial charge in [-0.2, -0.15) is 13.9 Å². The fraction of sp³-hybridized carbons (Fsp3) is 0.150. The summed E-state index contributed by atoms with van der Waals surface area (Å²) in [6.45, 7) is -2.60. The van der Waals surface area contributed by atoms with Gasteiger partial charge >= 0.3 is 6.61 Å². The van der Waals surface area contributed by atoms with Crippen LogP contribution < -0.4 is 10.1 Å². The number of benzene rings is 1. The minimum atomic E-state index is -2.86. The molecule has 28 heavy (non-hydrogen) atoms. The molecule has 0 bridgehead atoms. The van der Waals surface area contributed by atoms with Crippen LogP contribution in [0.3, 0.4) is 0 Å². The van der Waals surface area contributed by atoms with Crippen LogP contribution >= 0.6 is 0 Å². The number of carbonyl (C=O) groups is 1. The van der Waals surface area contributed by atoms with Gasteiger partial charge in [-0.1, -0.05) is 12.1 Å². The molecule has 0 aliphatic heterocycles. The van der Waals surface area contributed by atoms with Crippen LogP contribution in [-0.2, 0) is 18.4 Å². The molecule has 0 spiro atoms. The van der Waals surface area contributed by atoms with Crippen LogP contribution in [-0.4, -0.2) is 27.3 Å². The maximum atomic E-state index is 12.1. The summed E-state index contributed by atoms with van der Waals surface area (Å²) >= 11 is 0. The standard InChI is InChI=1S/C20H18F2N4O2/c1-26-13-16(12-25-26)18-8-9-23-11-15(18)4-7-19(27)24-10-14-2-5-17(6-3-14)28-20(21)22/h2-9,11-13,20H,10H2,1H3,(H,24,27). The summed E-state index contributed by atoms with van der Waals surface area (Å²) in [5.41, 5.74) is 3.40. The van der Waals surface area contributed by atoms with Crippen LogP contribution in [0.1, 0.15) is 11.1 Å². The number of amides is 1. The Kier molecular flexibility index (Phi) is 6.11. The number of alkyl halides is 2. The van der Waals surface area contributed by atoms with Gasteiger partial charge in [0.15, 0.2) is 0 Å². The first kappa shape index (κ1) is 19.2. The number of nitrogens with zero attached hydrogens (tertiary/aromatic N) is 3. The zero-order valence-corrected chi connectivity index (χ0v) is 15.0. The topological polar surface area (TPSA) is 69.0 Å². The summed E-state index contributed by atoms with van der Waals surface area (Å²) < 4.78 is 30.3. The Hall–Kier alpha value is -3.55. The highest BCUT2D eigenvalue weighted by molar-refractivity contribution is 5.92. The van der Waals surface area contributed by atoms with E-state index in [-0.39, 0.29) is 18.2 Å². The van der Waals surface area contributed by atoms with E-state index in [9.17, 15) is 13.6 Å². The van der Waals surface area contributed by atoms with Gasteiger partial charge in [-0.05, 0) is 35.4 Å². The molecule has 3 aromatic rings. The van der Waals surface area contributed by atoms with Gasteiger partial charge in [-0.25, -0.2) is 0 Å². The number of halogens is 2. The highest BCUT2D eigenvalue weighted by atomic mass is 19.3. The minimum Gasteiger partial charge on any atom is -0.435 e. The first-order valence-electron chi connectivity index (χ1n) is 8.44. The molecule has 0 aliphatic rings. The molecule has 0 radical (unpaired) electrons. The molecule has 3 rings (SSSR count). The van der Waals surface area contributed by atoms with Crippen LogP contribution in [0.25, 0.3) is 17.2 Å². The smallest absolute Gasteiger partial charge is 0.387 e. The van der Waals surface area contributed by atoms with Crippen LogP contribution in [0.5, 0.6) is 5.75 Å². The average Bonchev–Trinajstić information content (AvgIpc) is 3.12. The SMILES string of the molecule is Cn1cc(-c2ccncc2C=CC(=O)NCc2ccc(OC(F)F)cc2)cn1. The number of ether oxygens (including phenoxy) is 1. The second-order valence-electron chi connectivity index (χ2n) is 5.94. The van der Waals surface area contributed by atoms with Gasteiger partial charge in [0.1, 0.15) is 5.75 Å². The summed E-state index contributed by atoms with van der Waals surface area (Å²) in [5, 5.41) is 6.90. The molecule has 0 saturated heterocycles. The number of pyridine rings is 1. The Morgan fingerprint density at radius 1 is 1.25 bits per heavy atom. The molecular formula is C20H18F2N4O2. The first-order chi connectivity index (χ1) is 13.5. The molecule has 144 valence electrons. The fourth-order valence-electron chi connectivity index (χ4n) is 2.56. The Bertz CT molecular complexity index is 968. The molecule has 6 nitrogen and oxygen atoms in total. The molecule has 1 aromatic carbocycles. The van der Waals surface area contributed by atoms with Crippen molar-refractivity contribution < 1.29 is 18.3 Å². The van der Waals surface area contributed by atoms with Gasteiger partial charge in [0.2, 0.25) is 5.91 Å². The number of carbonyl (C=O) groups excluding carboxylic acids is 1. The third-order valence-corrected chi connectivity index (χ3v) is 3.90. The summed E-state index contributed by atoms with van der Waals surface area (Å²) in [4.78, 5) is 16.2. The van der Waals surface area contributed by atoms with E-state index >= 15 is 0 Å². The number of aromatic nitrogens is 3. The predicted molar refractivity (Wildman–Crippen MR) is 100 cm³/mol. The van der Waals surface area contributed by atoms with Crippen molar-refractivity contribution in [2.75, 3.05) is 0 Å². The Labute approximate surface area is 160 Å². The summed E-state index contributed by atoms with van der Waals surface area (Å²) in [6, 6.07) is 7.95. The lowest BCUT2D eigenvalue weighted by Crippen LogP contribution is -2.20. The zero-order chi connectivity index (χ0) is 19.9. The van der Waals surface area contributed by atoms with E-state index in [2.05, 4.69) is 20.1 Å². The number of rotatable bonds is 7. The molecule has 1 amide bonds. The quantitative estimate of drug-likeness (QED) is 0.634. The minimum absolute atomic E-state index is 0.0736. The Balaban J connectivity index is 1.60. The van der Waals surface area contributed by atoms with Gasteiger partial charge in [-0.3, -0.25) is 14.5 Å². The largest absolute Gasteiger partial charge is 0.435 e. The van der Waals surface area contributed by atoms with Crippen molar-refractivity contribution in [3.8, 4) is 16.9 Å². The maximum Gasteiger partial charge on any atom is 0.387 e. The second kappa shape index (κ2) is 8.90. The van der Waals surface area contributed by atoms with Crippen LogP contribution in [0.2, 0.25) is 0 Å². The van der Waals surface area contributed by atoms with Gasteiger partial charge < -0.3 is 10.1 Å². The molecule has 0 aliphatic carbocycles. The van der Waals surface area contributed by atoms with Crippen molar-refractivity contribution in [3.63, 3.8) is 0 Å². The van der Waals surface area contributed by atoms with Crippen molar-refractivity contribution in [2.45, 2.75) is 13.2 Å². The molecular weight excluding hydrogens is 366 g/mol. The molecule has 2 aromatic heterocycles. The number of hydrogen-bond acceptors (Lipinski definition) is 4. The maximum absolute atomic E-state index is 12.1. The average molecular weight is 384 g/mol. The number of hydrogen-bond donors (Lipinski definition) is 1. The summed E-state index contributed by atoms with van der Waals surface area (Å²) in [6.07, 6.45) is 10.1. The molecule has 2 heterocycles. The molecule has 0 atom stereocenters. The van der Waals surface area contributed by atoms with E-state index in [4.69, 9.17) is 0 Å². The third-order valence-electron chi connectivity index (χ3n) is 3.90. The van der Waals surface area contributed by atoms with Gasteiger partial charge in [-0.15, -0.1) is 0 Å². The fourth-order valence-corrected chi connectivity index (χ4v) is 2.56. The molecule has 1 N–H and O–H groups in total. The number of nitrogens with one attached hydrogen (secondary N) is 1. The van der Waals surface area contributed by atoms with E-state index in [1.807, 2.05) is 19.3 Å². The third kappa shape index (κ3) is 5.23. The summed E-state index contributed by atoms with van der Waals surface area (Å²) in [7, 11) is 1.83. The normalized spacial score (nSPS) is 11.1. The van der Waals surface area contributed by atoms with Crippen LogP contribution in [0, 0.1) is 0 Å². The zero-order valence-electron chi connectivity index (χ0n) is 15.0. The predicted octanol–water partition coefficient (Wildman–Crippen LogP) is 3.41. The molecule has 0 unspecified atom stereocenters. The van der Waals surface area contributed by atoms with Gasteiger partial charge in [0.05, 0.1) is 6.20 Å². The van der Waals surface area contributed by atoms with Crippen molar-refractivity contribution in [1.29, 1.82) is 0 Å². The lowest BCUT2D eigenvalue weighted by Gasteiger charge is -2.06. The lowest BCUT2D eigenvalue weighted by molar-refractivity contribution is -0.116. The second-order valence-corrected chi connectivity index (χ2v) is 5.94. The van der Waals surface area contributed by atoms with Crippen LogP contribution in [0.4, 0.5) is 8.78 Å². The molecule has 0 fully saturated rings. The van der Waals surface area contributed by atoms with Crippen molar-refractivity contribution in [1.82, 2.24) is 20.1 Å². The molecule has 0 saturated carbocycles. The number of aryl methyl sites for hydroxylation is 1. The van der Waals surface area contributed by atoms with Gasteiger partial charge in [0, 0.05) is 49.4 Å². The highest BCUT2D eigenvalue weighted by Crippen LogP contribution is 2.23. The van der Waals surface area contributed by atoms with Crippen molar-refractivity contribution in [3.05, 3.63) is 72.3 Å². The van der Waals surface area contributed by atoms with Crippen LogP contribution in [0.15, 0.2) is 61.2 Å². The Morgan fingerprint density at radius 2 is 2.04 bits per heavy atom. The Morgan fingerprint density at radius 3 is 2.71 bits per heavy atom. The summed E-state index contributed by atoms with van der Waals surface area (Å²) in [5.74, 6) is -0.210. The van der Waals surface area contributed by atoms with E-state index < -0.39 is 6.61 Å². The monoisotopic (exact) mass is 384 g/mol. The molecule has 8 heteroatoms.